The second kappa shape index (κ2) is 9.13. The van der Waals surface area contributed by atoms with Crippen LogP contribution in [-0.2, 0) is 4.79 Å². The maximum absolute atomic E-state index is 12.3. The van der Waals surface area contributed by atoms with E-state index in [2.05, 4.69) is 33.0 Å². The lowest BCUT2D eigenvalue weighted by atomic mass is 9.82. The Bertz CT molecular complexity index is 814. The summed E-state index contributed by atoms with van der Waals surface area (Å²) < 4.78 is 0. The number of fused-ring (bicyclic) bond motifs is 1. The minimum absolute atomic E-state index is 0.0131. The molecule has 7 heteroatoms. The van der Waals surface area contributed by atoms with Crippen molar-refractivity contribution in [2.75, 3.05) is 6.54 Å². The van der Waals surface area contributed by atoms with E-state index in [1.54, 1.807) is 0 Å². The fourth-order valence-electron chi connectivity index (χ4n) is 5.26. The van der Waals surface area contributed by atoms with Crippen molar-refractivity contribution in [2.24, 2.45) is 9.98 Å². The Labute approximate surface area is 179 Å². The number of nitrogens with one attached hydrogen (secondary N) is 2. The Hall–Kier alpha value is -2.46. The second-order valence-corrected chi connectivity index (χ2v) is 8.62. The third kappa shape index (κ3) is 4.06. The molecule has 0 aromatic carbocycles. The Balaban J connectivity index is 1.71. The van der Waals surface area contributed by atoms with Gasteiger partial charge < -0.3 is 10.2 Å². The highest BCUT2D eigenvalue weighted by molar-refractivity contribution is 6.05. The minimum Gasteiger partial charge on any atom is -0.354 e. The van der Waals surface area contributed by atoms with Gasteiger partial charge in [-0.15, -0.1) is 0 Å². The third-order valence-corrected chi connectivity index (χ3v) is 6.58. The first kappa shape index (κ1) is 20.8. The fourth-order valence-corrected chi connectivity index (χ4v) is 5.26. The van der Waals surface area contributed by atoms with E-state index in [1.807, 2.05) is 24.4 Å². The predicted octanol–water partition coefficient (Wildman–Crippen LogP) is 2.63. The largest absolute Gasteiger partial charge is 0.354 e. The zero-order valence-electron chi connectivity index (χ0n) is 17.7. The maximum atomic E-state index is 12.3. The number of hydrogen-bond acceptors (Lipinski definition) is 5. The average Bonchev–Trinajstić information content (AvgIpc) is 3.14. The van der Waals surface area contributed by atoms with Crippen LogP contribution >= 0.6 is 0 Å². The van der Waals surface area contributed by atoms with Crippen LogP contribution < -0.4 is 10.6 Å². The van der Waals surface area contributed by atoms with Crippen molar-refractivity contribution in [3.05, 3.63) is 30.7 Å². The van der Waals surface area contributed by atoms with Gasteiger partial charge in [0, 0.05) is 25.9 Å². The molecule has 1 amide bonds. The molecule has 3 atom stereocenters. The van der Waals surface area contributed by atoms with Crippen LogP contribution in [-0.4, -0.2) is 52.7 Å². The molecule has 2 aliphatic heterocycles. The van der Waals surface area contributed by atoms with Gasteiger partial charge in [-0.1, -0.05) is 50.3 Å². The molecular formula is C23H31N6O. The topological polar surface area (TPSA) is 92.9 Å². The summed E-state index contributed by atoms with van der Waals surface area (Å²) in [5.41, 5.74) is 0.00815. The number of carbonyl (C=O) groups is 1. The van der Waals surface area contributed by atoms with Crippen LogP contribution in [0.25, 0.3) is 0 Å². The summed E-state index contributed by atoms with van der Waals surface area (Å²) in [7, 11) is 0. The molecule has 7 nitrogen and oxygen atoms in total. The molecule has 2 aliphatic carbocycles. The highest BCUT2D eigenvalue weighted by Gasteiger charge is 2.52. The van der Waals surface area contributed by atoms with Gasteiger partial charge in [-0.3, -0.25) is 15.1 Å². The molecular weight excluding hydrogens is 376 g/mol. The summed E-state index contributed by atoms with van der Waals surface area (Å²) in [5, 5.41) is 16.3. The molecule has 1 radical (unpaired) electrons. The fraction of sp³-hybridized carbons (Fsp3) is 0.609. The summed E-state index contributed by atoms with van der Waals surface area (Å²) in [6.45, 7) is 2.34. The highest BCUT2D eigenvalue weighted by atomic mass is 16.1. The number of amides is 1. The van der Waals surface area contributed by atoms with Crippen molar-refractivity contribution >= 4 is 17.5 Å². The number of aliphatic imine (C=N–C) groups is 2. The van der Waals surface area contributed by atoms with Gasteiger partial charge in [0.05, 0.1) is 11.8 Å². The minimum atomic E-state index is -0.936. The highest BCUT2D eigenvalue weighted by Crippen LogP contribution is 2.34. The van der Waals surface area contributed by atoms with Crippen molar-refractivity contribution in [3.8, 4) is 6.19 Å². The smallest absolute Gasteiger partial charge is 0.217 e. The summed E-state index contributed by atoms with van der Waals surface area (Å²) in [6.07, 6.45) is 21.0. The quantitative estimate of drug-likeness (QED) is 0.704. The Morgan fingerprint density at radius 2 is 2.07 bits per heavy atom. The van der Waals surface area contributed by atoms with E-state index in [1.165, 1.54) is 39.0 Å². The standard InChI is InChI=1S/C23H31N6O/c1-17(30)28-23(21-26-19-12-7-8-13-20(19)27-21)14-9-15-29(22(23)25-16-24)18-10-5-3-2-4-6-11-18/h7-8,12-14,18-19,21,26H,2-6,9-11,15H2,1H3,(H,28,30). The van der Waals surface area contributed by atoms with Gasteiger partial charge >= 0.3 is 0 Å². The number of nitriles is 1. The summed E-state index contributed by atoms with van der Waals surface area (Å²) in [5.74, 6) is 0.477. The van der Waals surface area contributed by atoms with Gasteiger partial charge in [-0.2, -0.15) is 10.3 Å². The average molecular weight is 408 g/mol. The summed E-state index contributed by atoms with van der Waals surface area (Å²) in [6, 6.07) is 0.356. The van der Waals surface area contributed by atoms with E-state index in [9.17, 15) is 10.1 Å². The number of likely N-dealkylation sites (tertiary alicyclic amines) is 1. The van der Waals surface area contributed by atoms with Crippen molar-refractivity contribution in [2.45, 2.75) is 82.1 Å². The zero-order valence-corrected chi connectivity index (χ0v) is 17.7. The lowest BCUT2D eigenvalue weighted by Gasteiger charge is -2.49. The van der Waals surface area contributed by atoms with E-state index >= 15 is 0 Å². The summed E-state index contributed by atoms with van der Waals surface area (Å²) >= 11 is 0. The van der Waals surface area contributed by atoms with Crippen LogP contribution in [0.3, 0.4) is 0 Å². The molecule has 1 saturated carbocycles. The van der Waals surface area contributed by atoms with Gasteiger partial charge in [0.2, 0.25) is 12.1 Å². The number of piperidine rings is 1. The number of carbonyl (C=O) groups excluding carboxylic acids is 1. The SMILES string of the molecule is CC(=O)NC1(C2N=C3C=CC=CC3N2)[CH]CCN(C2CCCCCCC2)C1=NC#N. The van der Waals surface area contributed by atoms with E-state index in [0.717, 1.165) is 31.5 Å². The molecule has 30 heavy (non-hydrogen) atoms. The molecule has 1 saturated heterocycles. The number of amidine groups is 1. The van der Waals surface area contributed by atoms with Gasteiger partial charge in [0.1, 0.15) is 17.5 Å². The van der Waals surface area contributed by atoms with E-state index in [0.29, 0.717) is 11.9 Å². The molecule has 159 valence electrons. The summed E-state index contributed by atoms with van der Waals surface area (Å²) in [4.78, 5) is 23.9. The van der Waals surface area contributed by atoms with Crippen LogP contribution in [0.4, 0.5) is 0 Å². The van der Waals surface area contributed by atoms with Crippen molar-refractivity contribution in [3.63, 3.8) is 0 Å². The number of nitrogens with zero attached hydrogens (tertiary/aromatic N) is 4. The van der Waals surface area contributed by atoms with Crippen LogP contribution in [0.5, 0.6) is 0 Å². The lowest BCUT2D eigenvalue weighted by molar-refractivity contribution is -0.120. The van der Waals surface area contributed by atoms with E-state index in [4.69, 9.17) is 4.99 Å². The Kier molecular flexibility index (Phi) is 6.33. The van der Waals surface area contributed by atoms with Crippen LogP contribution in [0.1, 0.15) is 58.3 Å². The van der Waals surface area contributed by atoms with Crippen LogP contribution in [0.15, 0.2) is 34.3 Å². The predicted molar refractivity (Wildman–Crippen MR) is 118 cm³/mol. The first-order valence-corrected chi connectivity index (χ1v) is 11.2. The Morgan fingerprint density at radius 3 is 2.77 bits per heavy atom. The first-order chi connectivity index (χ1) is 14.6. The number of hydrogen-bond donors (Lipinski definition) is 2. The molecule has 0 spiro atoms. The second-order valence-electron chi connectivity index (χ2n) is 8.62. The molecule has 4 rings (SSSR count). The van der Waals surface area contributed by atoms with Gasteiger partial charge in [-0.05, 0) is 25.3 Å². The number of allylic oxidation sites excluding steroid dienone is 2. The lowest BCUT2D eigenvalue weighted by Crippen LogP contribution is -2.71. The van der Waals surface area contributed by atoms with Crippen LogP contribution in [0, 0.1) is 17.9 Å². The van der Waals surface area contributed by atoms with Gasteiger partial charge in [0.15, 0.2) is 0 Å². The molecule has 4 aliphatic rings. The molecule has 2 fully saturated rings. The van der Waals surface area contributed by atoms with Gasteiger partial charge in [-0.25, -0.2) is 0 Å². The molecule has 2 heterocycles. The monoisotopic (exact) mass is 407 g/mol. The van der Waals surface area contributed by atoms with E-state index < -0.39 is 11.7 Å². The molecule has 0 bridgehead atoms. The first-order valence-electron chi connectivity index (χ1n) is 11.2. The number of rotatable bonds is 3. The normalized spacial score (nSPS) is 33.4. The third-order valence-electron chi connectivity index (χ3n) is 6.58. The molecule has 3 unspecified atom stereocenters. The Morgan fingerprint density at radius 1 is 1.30 bits per heavy atom. The molecule has 0 aromatic rings. The van der Waals surface area contributed by atoms with Crippen molar-refractivity contribution in [1.82, 2.24) is 15.5 Å². The van der Waals surface area contributed by atoms with Crippen molar-refractivity contribution < 1.29 is 4.79 Å². The maximum Gasteiger partial charge on any atom is 0.217 e. The van der Waals surface area contributed by atoms with E-state index in [-0.39, 0.29) is 11.9 Å². The zero-order chi connectivity index (χ0) is 21.0. The van der Waals surface area contributed by atoms with Crippen LogP contribution in [0.2, 0.25) is 0 Å². The molecule has 0 aromatic heterocycles. The van der Waals surface area contributed by atoms with Crippen molar-refractivity contribution in [1.29, 1.82) is 5.26 Å². The molecule has 2 N–H and O–H groups in total. The van der Waals surface area contributed by atoms with Gasteiger partial charge in [0.25, 0.3) is 0 Å².